The summed E-state index contributed by atoms with van der Waals surface area (Å²) in [5.41, 5.74) is 0.294. The maximum absolute atomic E-state index is 13.3. The molecule has 0 saturated heterocycles. The van der Waals surface area contributed by atoms with Gasteiger partial charge in [-0.15, -0.1) is 0 Å². The number of nitro benzene ring substituents is 1. The number of non-ortho nitro benzene ring substituents is 1. The first-order valence-electron chi connectivity index (χ1n) is 6.26. The Labute approximate surface area is 105 Å². The fraction of sp³-hybridized carbons (Fsp3) is 0.538. The fourth-order valence-corrected chi connectivity index (χ4v) is 2.40. The van der Waals surface area contributed by atoms with Gasteiger partial charge in [-0.05, 0) is 37.7 Å². The zero-order valence-corrected chi connectivity index (χ0v) is 10.4. The predicted molar refractivity (Wildman–Crippen MR) is 68.1 cm³/mol. The molecule has 18 heavy (non-hydrogen) atoms. The number of hydrogen-bond acceptors (Lipinski definition) is 3. The summed E-state index contributed by atoms with van der Waals surface area (Å²) in [5.74, 6) is 0.167. The average Bonchev–Trinajstić information content (AvgIpc) is 2.31. The highest BCUT2D eigenvalue weighted by atomic mass is 19.1. The zero-order chi connectivity index (χ0) is 13.1. The second-order valence-corrected chi connectivity index (χ2v) is 5.06. The molecule has 1 saturated carbocycles. The molecular weight excluding hydrogens is 235 g/mol. The Morgan fingerprint density at radius 2 is 1.94 bits per heavy atom. The molecule has 0 unspecified atom stereocenters. The van der Waals surface area contributed by atoms with Crippen LogP contribution in [0.4, 0.5) is 15.8 Å². The molecule has 1 aliphatic rings. The maximum atomic E-state index is 13.3. The summed E-state index contributed by atoms with van der Waals surface area (Å²) in [6, 6.07) is 3.93. The van der Waals surface area contributed by atoms with E-state index in [1.54, 1.807) is 0 Å². The summed E-state index contributed by atoms with van der Waals surface area (Å²) in [7, 11) is 0. The van der Waals surface area contributed by atoms with Crippen molar-refractivity contribution in [3.8, 4) is 0 Å². The fourth-order valence-electron chi connectivity index (χ4n) is 2.40. The number of halogens is 1. The van der Waals surface area contributed by atoms with Gasteiger partial charge in [-0.25, -0.2) is 4.39 Å². The van der Waals surface area contributed by atoms with Gasteiger partial charge in [0, 0.05) is 17.8 Å². The van der Waals surface area contributed by atoms with E-state index in [1.165, 1.54) is 12.1 Å². The first-order valence-corrected chi connectivity index (χ1v) is 6.26. The lowest BCUT2D eigenvalue weighted by Gasteiger charge is -2.27. The van der Waals surface area contributed by atoms with Crippen molar-refractivity contribution in [2.75, 3.05) is 5.32 Å². The quantitative estimate of drug-likeness (QED) is 0.658. The third-order valence-corrected chi connectivity index (χ3v) is 3.48. The molecule has 1 fully saturated rings. The van der Waals surface area contributed by atoms with Crippen molar-refractivity contribution in [1.29, 1.82) is 0 Å². The molecule has 0 bridgehead atoms. The second kappa shape index (κ2) is 5.33. The predicted octanol–water partition coefficient (Wildman–Crippen LogP) is 3.72. The van der Waals surface area contributed by atoms with E-state index in [1.807, 2.05) is 0 Å². The van der Waals surface area contributed by atoms with Gasteiger partial charge in [0.25, 0.3) is 5.69 Å². The highest BCUT2D eigenvalue weighted by molar-refractivity contribution is 5.52. The number of rotatable bonds is 3. The van der Waals surface area contributed by atoms with Gasteiger partial charge < -0.3 is 5.32 Å². The van der Waals surface area contributed by atoms with Crippen LogP contribution in [-0.2, 0) is 0 Å². The summed E-state index contributed by atoms with van der Waals surface area (Å²) in [4.78, 5) is 10.1. The summed E-state index contributed by atoms with van der Waals surface area (Å²) in [5, 5.41) is 13.8. The monoisotopic (exact) mass is 252 g/mol. The molecule has 0 aliphatic heterocycles. The maximum Gasteiger partial charge on any atom is 0.274 e. The van der Waals surface area contributed by atoms with Crippen LogP contribution in [0.1, 0.15) is 32.6 Å². The lowest BCUT2D eigenvalue weighted by Crippen LogP contribution is -2.25. The van der Waals surface area contributed by atoms with Crippen molar-refractivity contribution in [3.05, 3.63) is 34.1 Å². The summed E-state index contributed by atoms with van der Waals surface area (Å²) in [6.45, 7) is 2.23. The number of anilines is 1. The van der Waals surface area contributed by atoms with Crippen LogP contribution in [0.15, 0.2) is 18.2 Å². The molecule has 1 aromatic carbocycles. The third kappa shape index (κ3) is 3.18. The number of nitrogens with zero attached hydrogens (tertiary/aromatic N) is 1. The van der Waals surface area contributed by atoms with Crippen molar-refractivity contribution in [2.45, 2.75) is 38.6 Å². The van der Waals surface area contributed by atoms with Crippen LogP contribution in [0.2, 0.25) is 0 Å². The molecule has 0 aromatic heterocycles. The van der Waals surface area contributed by atoms with Crippen LogP contribution < -0.4 is 5.32 Å². The smallest absolute Gasteiger partial charge is 0.274 e. The van der Waals surface area contributed by atoms with Gasteiger partial charge >= 0.3 is 0 Å². The second-order valence-electron chi connectivity index (χ2n) is 5.06. The summed E-state index contributed by atoms with van der Waals surface area (Å²) < 4.78 is 13.3. The molecule has 1 aromatic rings. The molecule has 2 rings (SSSR count). The molecule has 0 amide bonds. The number of nitrogens with one attached hydrogen (secondary N) is 1. The molecule has 1 aliphatic carbocycles. The number of benzene rings is 1. The first kappa shape index (κ1) is 12.8. The van der Waals surface area contributed by atoms with Gasteiger partial charge in [-0.1, -0.05) is 6.92 Å². The molecular formula is C13H17FN2O2. The summed E-state index contributed by atoms with van der Waals surface area (Å²) >= 11 is 0. The highest BCUT2D eigenvalue weighted by Crippen LogP contribution is 2.27. The van der Waals surface area contributed by atoms with Crippen molar-refractivity contribution < 1.29 is 9.31 Å². The number of hydrogen-bond donors (Lipinski definition) is 1. The molecule has 0 radical (unpaired) electrons. The standard InChI is InChI=1S/C13H17FN2O2/c1-9-2-4-11(5-3-9)15-12-6-10(14)7-13(8-12)16(17)18/h6-9,11,15H,2-5H2,1H3. The Kier molecular flexibility index (Phi) is 3.79. The normalized spacial score (nSPS) is 23.7. The highest BCUT2D eigenvalue weighted by Gasteiger charge is 2.19. The van der Waals surface area contributed by atoms with E-state index in [-0.39, 0.29) is 5.69 Å². The Morgan fingerprint density at radius 1 is 1.28 bits per heavy atom. The lowest BCUT2D eigenvalue weighted by molar-refractivity contribution is -0.385. The lowest BCUT2D eigenvalue weighted by atomic mass is 9.87. The van der Waals surface area contributed by atoms with Crippen LogP contribution in [-0.4, -0.2) is 11.0 Å². The minimum Gasteiger partial charge on any atom is -0.382 e. The third-order valence-electron chi connectivity index (χ3n) is 3.48. The largest absolute Gasteiger partial charge is 0.382 e. The van der Waals surface area contributed by atoms with E-state index in [0.29, 0.717) is 11.7 Å². The van der Waals surface area contributed by atoms with E-state index >= 15 is 0 Å². The molecule has 0 spiro atoms. The van der Waals surface area contributed by atoms with Gasteiger partial charge in [0.1, 0.15) is 5.82 Å². The Hall–Kier alpha value is -1.65. The molecule has 1 N–H and O–H groups in total. The van der Waals surface area contributed by atoms with Crippen LogP contribution >= 0.6 is 0 Å². The molecule has 5 heteroatoms. The van der Waals surface area contributed by atoms with Gasteiger partial charge in [0.15, 0.2) is 0 Å². The molecule has 98 valence electrons. The molecule has 0 atom stereocenters. The Bertz CT molecular complexity index is 443. The first-order chi connectivity index (χ1) is 8.54. The molecule has 0 heterocycles. The van der Waals surface area contributed by atoms with Crippen molar-refractivity contribution in [1.82, 2.24) is 0 Å². The average molecular weight is 252 g/mol. The molecule has 4 nitrogen and oxygen atoms in total. The topological polar surface area (TPSA) is 55.2 Å². The van der Waals surface area contributed by atoms with Crippen molar-refractivity contribution >= 4 is 11.4 Å². The van der Waals surface area contributed by atoms with Crippen molar-refractivity contribution in [2.24, 2.45) is 5.92 Å². The zero-order valence-electron chi connectivity index (χ0n) is 10.4. The van der Waals surface area contributed by atoms with E-state index in [0.717, 1.165) is 37.7 Å². The van der Waals surface area contributed by atoms with Crippen LogP contribution in [0.5, 0.6) is 0 Å². The van der Waals surface area contributed by atoms with E-state index in [4.69, 9.17) is 0 Å². The minimum absolute atomic E-state index is 0.207. The van der Waals surface area contributed by atoms with E-state index < -0.39 is 10.7 Å². The van der Waals surface area contributed by atoms with Crippen LogP contribution in [0.25, 0.3) is 0 Å². The van der Waals surface area contributed by atoms with Crippen molar-refractivity contribution in [3.63, 3.8) is 0 Å². The number of nitro groups is 1. The van der Waals surface area contributed by atoms with Gasteiger partial charge in [-0.3, -0.25) is 10.1 Å². The summed E-state index contributed by atoms with van der Waals surface area (Å²) in [6.07, 6.45) is 4.36. The van der Waals surface area contributed by atoms with Gasteiger partial charge in [-0.2, -0.15) is 0 Å². The Balaban J connectivity index is 2.07. The van der Waals surface area contributed by atoms with Gasteiger partial charge in [0.05, 0.1) is 11.0 Å². The van der Waals surface area contributed by atoms with Crippen LogP contribution in [0, 0.1) is 21.8 Å². The van der Waals surface area contributed by atoms with E-state index in [2.05, 4.69) is 12.2 Å². The van der Waals surface area contributed by atoms with E-state index in [9.17, 15) is 14.5 Å². The SMILES string of the molecule is CC1CCC(Nc2cc(F)cc([N+](=O)[O-])c2)CC1. The van der Waals surface area contributed by atoms with Crippen LogP contribution in [0.3, 0.4) is 0 Å². The minimum atomic E-state index is -0.573. The Morgan fingerprint density at radius 3 is 2.56 bits per heavy atom. The van der Waals surface area contributed by atoms with Gasteiger partial charge in [0.2, 0.25) is 0 Å².